The monoisotopic (exact) mass is 461 g/mol. The molecule has 0 aliphatic heterocycles. The third-order valence-corrected chi connectivity index (χ3v) is 6.14. The minimum atomic E-state index is -0.482. The zero-order valence-corrected chi connectivity index (χ0v) is 21.4. The molecule has 1 heterocycles. The third-order valence-electron chi connectivity index (χ3n) is 6.14. The normalized spacial score (nSPS) is 11.8. The number of pyridine rings is 1. The van der Waals surface area contributed by atoms with Crippen molar-refractivity contribution >= 4 is 11.9 Å². The summed E-state index contributed by atoms with van der Waals surface area (Å²) in [7, 11) is 0. The van der Waals surface area contributed by atoms with Gasteiger partial charge in [-0.3, -0.25) is 0 Å². The Hall–Kier alpha value is -1.91. The van der Waals surface area contributed by atoms with Gasteiger partial charge in [0.15, 0.2) is 0 Å². The van der Waals surface area contributed by atoms with Gasteiger partial charge in [-0.1, -0.05) is 110 Å². The molecule has 0 radical (unpaired) electrons. The van der Waals surface area contributed by atoms with Gasteiger partial charge in [0.05, 0.1) is 13.2 Å². The molecule has 1 aromatic heterocycles. The number of aromatic nitrogens is 1. The summed E-state index contributed by atoms with van der Waals surface area (Å²) in [5.74, 6) is -0.594. The predicted molar refractivity (Wildman–Crippen MR) is 135 cm³/mol. The predicted octanol–water partition coefficient (Wildman–Crippen LogP) is 7.92. The van der Waals surface area contributed by atoms with Crippen LogP contribution in [0, 0.1) is 5.92 Å². The van der Waals surface area contributed by atoms with Crippen molar-refractivity contribution in [3.8, 4) is 0 Å². The SMILES string of the molecule is CCCCCCCCCCCCCOC(=O)c1cccc(C(=O)OCC(CC)CCCC)n1. The fourth-order valence-electron chi connectivity index (χ4n) is 3.83. The second kappa shape index (κ2) is 19.5. The zero-order valence-electron chi connectivity index (χ0n) is 21.4. The van der Waals surface area contributed by atoms with E-state index in [0.29, 0.717) is 19.1 Å². The van der Waals surface area contributed by atoms with E-state index in [0.717, 1.165) is 38.5 Å². The summed E-state index contributed by atoms with van der Waals surface area (Å²) in [5, 5.41) is 0. The zero-order chi connectivity index (χ0) is 24.2. The minimum absolute atomic E-state index is 0.157. The van der Waals surface area contributed by atoms with E-state index in [2.05, 4.69) is 25.8 Å². The molecule has 0 saturated carbocycles. The second-order valence-electron chi connectivity index (χ2n) is 9.09. The molecule has 0 saturated heterocycles. The molecule has 0 fully saturated rings. The Labute approximate surface area is 202 Å². The van der Waals surface area contributed by atoms with Gasteiger partial charge < -0.3 is 9.47 Å². The molecule has 0 aromatic carbocycles. The molecule has 0 aliphatic carbocycles. The highest BCUT2D eigenvalue weighted by Crippen LogP contribution is 2.14. The van der Waals surface area contributed by atoms with Gasteiger partial charge in [0, 0.05) is 0 Å². The number of nitrogens with zero attached hydrogens (tertiary/aromatic N) is 1. The van der Waals surface area contributed by atoms with Crippen LogP contribution in [-0.4, -0.2) is 30.1 Å². The summed E-state index contributed by atoms with van der Waals surface area (Å²) < 4.78 is 10.8. The molecule has 1 aromatic rings. The van der Waals surface area contributed by atoms with Gasteiger partial charge in [0.25, 0.3) is 0 Å². The van der Waals surface area contributed by atoms with Crippen molar-refractivity contribution < 1.29 is 19.1 Å². The molecule has 1 atom stereocenters. The van der Waals surface area contributed by atoms with Gasteiger partial charge in [-0.2, -0.15) is 0 Å². The second-order valence-corrected chi connectivity index (χ2v) is 9.09. The highest BCUT2D eigenvalue weighted by Gasteiger charge is 2.16. The van der Waals surface area contributed by atoms with E-state index in [4.69, 9.17) is 9.47 Å². The standard InChI is InChI=1S/C28H47NO4/c1-4-7-9-10-11-12-13-14-15-16-17-22-32-27(30)25-20-18-21-26(29-25)28(31)33-23-24(6-3)19-8-5-2/h18,20-21,24H,4-17,19,22-23H2,1-3H3. The molecule has 1 unspecified atom stereocenters. The number of esters is 2. The van der Waals surface area contributed by atoms with Crippen LogP contribution in [0.5, 0.6) is 0 Å². The summed E-state index contributed by atoms with van der Waals surface area (Å²) in [6.45, 7) is 7.30. The molecule has 5 nitrogen and oxygen atoms in total. The van der Waals surface area contributed by atoms with Crippen molar-refractivity contribution in [1.29, 1.82) is 0 Å². The maximum Gasteiger partial charge on any atom is 0.356 e. The summed E-state index contributed by atoms with van der Waals surface area (Å²) >= 11 is 0. The molecule has 0 amide bonds. The number of carbonyl (C=O) groups is 2. The average molecular weight is 462 g/mol. The third kappa shape index (κ3) is 14.1. The van der Waals surface area contributed by atoms with E-state index in [1.807, 2.05) is 0 Å². The maximum absolute atomic E-state index is 12.3. The molecule has 0 aliphatic rings. The van der Waals surface area contributed by atoms with E-state index in [1.54, 1.807) is 18.2 Å². The van der Waals surface area contributed by atoms with Crippen molar-refractivity contribution in [2.75, 3.05) is 13.2 Å². The molecule has 188 valence electrons. The summed E-state index contributed by atoms with van der Waals surface area (Å²) in [6.07, 6.45) is 18.1. The molecule has 0 spiro atoms. The van der Waals surface area contributed by atoms with Crippen molar-refractivity contribution in [3.63, 3.8) is 0 Å². The molecular weight excluding hydrogens is 414 g/mol. The van der Waals surface area contributed by atoms with E-state index >= 15 is 0 Å². The maximum atomic E-state index is 12.3. The Morgan fingerprint density at radius 3 is 1.79 bits per heavy atom. The van der Waals surface area contributed by atoms with Crippen molar-refractivity contribution in [1.82, 2.24) is 4.98 Å². The van der Waals surface area contributed by atoms with Crippen LogP contribution in [0.15, 0.2) is 18.2 Å². The van der Waals surface area contributed by atoms with Crippen LogP contribution >= 0.6 is 0 Å². The number of unbranched alkanes of at least 4 members (excludes halogenated alkanes) is 11. The van der Waals surface area contributed by atoms with Crippen LogP contribution in [0.2, 0.25) is 0 Å². The first-order valence-electron chi connectivity index (χ1n) is 13.4. The Kier molecular flexibility index (Phi) is 17.3. The van der Waals surface area contributed by atoms with E-state index in [1.165, 1.54) is 57.8 Å². The van der Waals surface area contributed by atoms with Crippen molar-refractivity contribution in [2.45, 2.75) is 117 Å². The number of hydrogen-bond donors (Lipinski definition) is 0. The first kappa shape index (κ1) is 29.1. The first-order valence-corrected chi connectivity index (χ1v) is 13.4. The van der Waals surface area contributed by atoms with Gasteiger partial charge >= 0.3 is 11.9 Å². The molecule has 1 rings (SSSR count). The van der Waals surface area contributed by atoms with E-state index in [-0.39, 0.29) is 11.4 Å². The lowest BCUT2D eigenvalue weighted by molar-refractivity contribution is 0.0420. The molecule has 0 N–H and O–H groups in total. The van der Waals surface area contributed by atoms with Crippen LogP contribution in [0.4, 0.5) is 0 Å². The lowest BCUT2D eigenvalue weighted by atomic mass is 10.0. The number of carbonyl (C=O) groups excluding carboxylic acids is 2. The van der Waals surface area contributed by atoms with Crippen molar-refractivity contribution in [2.24, 2.45) is 5.92 Å². The van der Waals surface area contributed by atoms with Crippen LogP contribution in [0.1, 0.15) is 138 Å². The fraction of sp³-hybridized carbons (Fsp3) is 0.750. The number of rotatable bonds is 20. The highest BCUT2D eigenvalue weighted by atomic mass is 16.5. The number of ether oxygens (including phenoxy) is 2. The Bertz CT molecular complexity index is 647. The summed E-state index contributed by atoms with van der Waals surface area (Å²) in [4.78, 5) is 28.8. The Morgan fingerprint density at radius 2 is 1.24 bits per heavy atom. The largest absolute Gasteiger partial charge is 0.461 e. The van der Waals surface area contributed by atoms with Crippen LogP contribution in [0.3, 0.4) is 0 Å². The van der Waals surface area contributed by atoms with Gasteiger partial charge in [-0.15, -0.1) is 0 Å². The lowest BCUT2D eigenvalue weighted by Gasteiger charge is -2.14. The molecule has 0 bridgehead atoms. The van der Waals surface area contributed by atoms with Gasteiger partial charge in [0.2, 0.25) is 0 Å². The first-order chi connectivity index (χ1) is 16.1. The molecular formula is C28H47NO4. The van der Waals surface area contributed by atoms with Crippen LogP contribution in [0.25, 0.3) is 0 Å². The van der Waals surface area contributed by atoms with E-state index in [9.17, 15) is 9.59 Å². The minimum Gasteiger partial charge on any atom is -0.461 e. The topological polar surface area (TPSA) is 65.5 Å². The lowest BCUT2D eigenvalue weighted by Crippen LogP contribution is -2.16. The van der Waals surface area contributed by atoms with Gasteiger partial charge in [-0.25, -0.2) is 14.6 Å². The smallest absolute Gasteiger partial charge is 0.356 e. The van der Waals surface area contributed by atoms with Gasteiger partial charge in [0.1, 0.15) is 11.4 Å². The molecule has 5 heteroatoms. The Balaban J connectivity index is 2.22. The Morgan fingerprint density at radius 1 is 0.727 bits per heavy atom. The molecule has 33 heavy (non-hydrogen) atoms. The fourth-order valence-corrected chi connectivity index (χ4v) is 3.83. The van der Waals surface area contributed by atoms with Crippen LogP contribution < -0.4 is 0 Å². The summed E-state index contributed by atoms with van der Waals surface area (Å²) in [5.41, 5.74) is 0.315. The van der Waals surface area contributed by atoms with Crippen LogP contribution in [-0.2, 0) is 9.47 Å². The highest BCUT2D eigenvalue weighted by molar-refractivity contribution is 5.91. The summed E-state index contributed by atoms with van der Waals surface area (Å²) in [6, 6.07) is 4.81. The van der Waals surface area contributed by atoms with Gasteiger partial charge in [-0.05, 0) is 30.9 Å². The quantitative estimate of drug-likeness (QED) is 0.146. The number of hydrogen-bond acceptors (Lipinski definition) is 5. The average Bonchev–Trinajstić information content (AvgIpc) is 2.84. The van der Waals surface area contributed by atoms with E-state index < -0.39 is 11.9 Å². The van der Waals surface area contributed by atoms with Crippen molar-refractivity contribution in [3.05, 3.63) is 29.6 Å².